The van der Waals surface area contributed by atoms with E-state index >= 15 is 0 Å². The summed E-state index contributed by atoms with van der Waals surface area (Å²) in [5.41, 5.74) is 1.60. The second-order valence-corrected chi connectivity index (χ2v) is 8.33. The van der Waals surface area contributed by atoms with Crippen molar-refractivity contribution in [3.05, 3.63) is 30.0 Å². The average Bonchev–Trinajstić information content (AvgIpc) is 3.22. The lowest BCUT2D eigenvalue weighted by atomic mass is 9.99. The van der Waals surface area contributed by atoms with Gasteiger partial charge in [-0.15, -0.1) is 0 Å². The van der Waals surface area contributed by atoms with Gasteiger partial charge in [-0.3, -0.25) is 14.3 Å². The van der Waals surface area contributed by atoms with Crippen molar-refractivity contribution in [1.29, 1.82) is 0 Å². The fourth-order valence-corrected chi connectivity index (χ4v) is 5.04. The first-order valence-electron chi connectivity index (χ1n) is 10.2. The number of carbonyl (C=O) groups excluding carboxylic acids is 2. The molecule has 1 aromatic carbocycles. The lowest BCUT2D eigenvalue weighted by molar-refractivity contribution is -0.142. The number of likely N-dealkylation sites (tertiary alicyclic amines) is 1. The molecule has 0 N–H and O–H groups in total. The molecule has 28 heavy (non-hydrogen) atoms. The second-order valence-electron chi connectivity index (χ2n) is 8.33. The van der Waals surface area contributed by atoms with Gasteiger partial charge in [0, 0.05) is 43.9 Å². The number of hydrogen-bond acceptors (Lipinski definition) is 4. The zero-order valence-corrected chi connectivity index (χ0v) is 16.2. The molecule has 2 amide bonds. The molecule has 3 atom stereocenters. The Balaban J connectivity index is 1.33. The van der Waals surface area contributed by atoms with Crippen molar-refractivity contribution in [2.24, 2.45) is 13.0 Å². The van der Waals surface area contributed by atoms with Crippen LogP contribution in [-0.2, 0) is 16.6 Å². The lowest BCUT2D eigenvalue weighted by Crippen LogP contribution is -2.58. The van der Waals surface area contributed by atoms with Crippen molar-refractivity contribution in [3.63, 3.8) is 0 Å². The highest BCUT2D eigenvalue weighted by Gasteiger charge is 2.45. The molecule has 3 aliphatic rings. The number of amides is 2. The van der Waals surface area contributed by atoms with E-state index in [4.69, 9.17) is 4.74 Å². The molecule has 7 nitrogen and oxygen atoms in total. The number of hydrogen-bond donors (Lipinski definition) is 0. The van der Waals surface area contributed by atoms with Crippen molar-refractivity contribution in [2.45, 2.75) is 37.8 Å². The Morgan fingerprint density at radius 3 is 2.64 bits per heavy atom. The van der Waals surface area contributed by atoms with Gasteiger partial charge in [0.25, 0.3) is 5.91 Å². The minimum absolute atomic E-state index is 0.0108. The lowest BCUT2D eigenvalue weighted by Gasteiger charge is -2.42. The van der Waals surface area contributed by atoms with E-state index in [-0.39, 0.29) is 29.8 Å². The Morgan fingerprint density at radius 2 is 1.93 bits per heavy atom. The minimum Gasteiger partial charge on any atom is -0.381 e. The monoisotopic (exact) mass is 382 g/mol. The summed E-state index contributed by atoms with van der Waals surface area (Å²) >= 11 is 0. The van der Waals surface area contributed by atoms with Gasteiger partial charge in [-0.2, -0.15) is 5.10 Å². The van der Waals surface area contributed by atoms with Crippen molar-refractivity contribution in [3.8, 4) is 0 Å². The van der Waals surface area contributed by atoms with Crippen LogP contribution in [0.15, 0.2) is 24.4 Å². The van der Waals surface area contributed by atoms with Crippen LogP contribution in [0.5, 0.6) is 0 Å². The molecule has 3 unspecified atom stereocenters. The van der Waals surface area contributed by atoms with Gasteiger partial charge in [-0.25, -0.2) is 0 Å². The van der Waals surface area contributed by atoms with E-state index in [2.05, 4.69) is 5.10 Å². The van der Waals surface area contributed by atoms with Gasteiger partial charge < -0.3 is 14.5 Å². The number of carbonyl (C=O) groups is 2. The van der Waals surface area contributed by atoms with Crippen LogP contribution in [0.4, 0.5) is 0 Å². The van der Waals surface area contributed by atoms with Crippen LogP contribution in [-0.4, -0.2) is 69.8 Å². The molecule has 2 aromatic rings. The Hall–Kier alpha value is -2.41. The molecule has 3 aliphatic heterocycles. The zero-order chi connectivity index (χ0) is 19.3. The average molecular weight is 382 g/mol. The van der Waals surface area contributed by atoms with Crippen LogP contribution < -0.4 is 0 Å². The van der Waals surface area contributed by atoms with E-state index in [1.807, 2.05) is 41.2 Å². The minimum atomic E-state index is -0.0108. The molecule has 148 valence electrons. The largest absolute Gasteiger partial charge is 0.381 e. The molecule has 7 heteroatoms. The molecule has 0 radical (unpaired) electrons. The molecular formula is C21H26N4O3. The number of piperazine rings is 1. The quantitative estimate of drug-likeness (QED) is 0.795. The number of ether oxygens (including phenoxy) is 1. The van der Waals surface area contributed by atoms with Crippen LogP contribution >= 0.6 is 0 Å². The highest BCUT2D eigenvalue weighted by Crippen LogP contribution is 2.33. The standard InChI is InChI=1S/C21H26N4O3/c1-23-10-16-9-14(4-7-19(16)22-23)21(27)25-17-5-6-18(25)12-24(11-17)20(26)15-3-2-8-28-13-15/h4,7,9-10,15,17-18H,2-3,5-6,8,11-13H2,1H3. The molecule has 2 bridgehead atoms. The first-order valence-corrected chi connectivity index (χ1v) is 10.2. The predicted molar refractivity (Wildman–Crippen MR) is 104 cm³/mol. The number of aryl methyl sites for hydroxylation is 1. The Morgan fingerprint density at radius 1 is 1.14 bits per heavy atom. The summed E-state index contributed by atoms with van der Waals surface area (Å²) in [4.78, 5) is 30.2. The van der Waals surface area contributed by atoms with Crippen molar-refractivity contribution in [2.75, 3.05) is 26.3 Å². The van der Waals surface area contributed by atoms with E-state index in [0.717, 1.165) is 43.2 Å². The van der Waals surface area contributed by atoms with Crippen LogP contribution in [0.3, 0.4) is 0 Å². The first-order chi connectivity index (χ1) is 13.6. The molecule has 0 spiro atoms. The van der Waals surface area contributed by atoms with Gasteiger partial charge in [0.2, 0.25) is 5.91 Å². The molecule has 5 rings (SSSR count). The first kappa shape index (κ1) is 17.7. The Labute approximate surface area is 164 Å². The zero-order valence-electron chi connectivity index (χ0n) is 16.2. The van der Waals surface area contributed by atoms with E-state index in [9.17, 15) is 9.59 Å². The topological polar surface area (TPSA) is 67.7 Å². The highest BCUT2D eigenvalue weighted by atomic mass is 16.5. The third-order valence-corrected chi connectivity index (χ3v) is 6.40. The highest BCUT2D eigenvalue weighted by molar-refractivity contribution is 5.98. The number of fused-ring (bicyclic) bond motifs is 3. The normalized spacial score (nSPS) is 27.4. The summed E-state index contributed by atoms with van der Waals surface area (Å²) in [6.45, 7) is 2.59. The van der Waals surface area contributed by atoms with Gasteiger partial charge in [0.05, 0.1) is 30.1 Å². The maximum Gasteiger partial charge on any atom is 0.254 e. The van der Waals surface area contributed by atoms with E-state index < -0.39 is 0 Å². The Kier molecular flexibility index (Phi) is 4.34. The van der Waals surface area contributed by atoms with Gasteiger partial charge in [-0.1, -0.05) is 0 Å². The van der Waals surface area contributed by atoms with Gasteiger partial charge in [0.1, 0.15) is 0 Å². The molecule has 0 saturated carbocycles. The molecular weight excluding hydrogens is 356 g/mol. The molecule has 0 aliphatic carbocycles. The van der Waals surface area contributed by atoms with Crippen LogP contribution in [0, 0.1) is 5.92 Å². The van der Waals surface area contributed by atoms with Crippen LogP contribution in [0.25, 0.3) is 10.9 Å². The summed E-state index contributed by atoms with van der Waals surface area (Å²) in [5.74, 6) is 0.273. The summed E-state index contributed by atoms with van der Waals surface area (Å²) in [5, 5.41) is 5.36. The van der Waals surface area contributed by atoms with E-state index in [1.165, 1.54) is 0 Å². The van der Waals surface area contributed by atoms with E-state index in [1.54, 1.807) is 4.68 Å². The molecule has 4 heterocycles. The number of nitrogens with zero attached hydrogens (tertiary/aromatic N) is 4. The van der Waals surface area contributed by atoms with E-state index in [0.29, 0.717) is 25.3 Å². The second kappa shape index (κ2) is 6.88. The molecule has 3 saturated heterocycles. The molecule has 1 aromatic heterocycles. The number of benzene rings is 1. The fourth-order valence-electron chi connectivity index (χ4n) is 5.04. The van der Waals surface area contributed by atoms with Gasteiger partial charge >= 0.3 is 0 Å². The maximum atomic E-state index is 13.3. The van der Waals surface area contributed by atoms with Crippen LogP contribution in [0.2, 0.25) is 0 Å². The summed E-state index contributed by atoms with van der Waals surface area (Å²) in [6, 6.07) is 5.94. The van der Waals surface area contributed by atoms with Gasteiger partial charge in [0.15, 0.2) is 0 Å². The molecule has 3 fully saturated rings. The predicted octanol–water partition coefficient (Wildman–Crippen LogP) is 1.82. The maximum absolute atomic E-state index is 13.3. The third kappa shape index (κ3) is 2.98. The Bertz CT molecular complexity index is 904. The third-order valence-electron chi connectivity index (χ3n) is 6.40. The SMILES string of the molecule is Cn1cc2cc(C(=O)N3C4CCC3CN(C(=O)C3CCCOC3)C4)ccc2n1. The van der Waals surface area contributed by atoms with Crippen LogP contribution in [0.1, 0.15) is 36.0 Å². The van der Waals surface area contributed by atoms with Crippen molar-refractivity contribution >= 4 is 22.7 Å². The summed E-state index contributed by atoms with van der Waals surface area (Å²) < 4.78 is 7.26. The van der Waals surface area contributed by atoms with Crippen molar-refractivity contribution < 1.29 is 14.3 Å². The van der Waals surface area contributed by atoms with Crippen molar-refractivity contribution in [1.82, 2.24) is 19.6 Å². The summed E-state index contributed by atoms with van der Waals surface area (Å²) in [6.07, 6.45) is 5.74. The number of rotatable bonds is 2. The fraction of sp³-hybridized carbons (Fsp3) is 0.571. The van der Waals surface area contributed by atoms with Gasteiger partial charge in [-0.05, 0) is 43.9 Å². The number of aromatic nitrogens is 2. The summed E-state index contributed by atoms with van der Waals surface area (Å²) in [7, 11) is 1.88. The smallest absolute Gasteiger partial charge is 0.254 e.